The molecular weight excluding hydrogens is 885 g/mol. The van der Waals surface area contributed by atoms with E-state index >= 15 is 8.78 Å². The molecule has 6 aromatic rings. The molecule has 0 spiro atoms. The van der Waals surface area contributed by atoms with Crippen LogP contribution in [0.1, 0.15) is 70.0 Å². The van der Waals surface area contributed by atoms with E-state index in [1.165, 1.54) is 24.3 Å². The largest absolute Gasteiger partial charge is 0.508 e. The Kier molecular flexibility index (Phi) is 11.5. The summed E-state index contributed by atoms with van der Waals surface area (Å²) in [5.41, 5.74) is 2.21. The van der Waals surface area contributed by atoms with Crippen molar-refractivity contribution in [2.45, 2.75) is 88.6 Å². The highest BCUT2D eigenvalue weighted by molar-refractivity contribution is 6.03. The van der Waals surface area contributed by atoms with E-state index in [0.29, 0.717) is 47.8 Å². The van der Waals surface area contributed by atoms with Crippen molar-refractivity contribution in [2.75, 3.05) is 69.3 Å². The maximum atomic E-state index is 17.1. The van der Waals surface area contributed by atoms with Crippen LogP contribution < -0.4 is 30.9 Å². The fraction of sp³-hybridized carbons (Fsp3) is 0.451. The van der Waals surface area contributed by atoms with E-state index < -0.39 is 23.6 Å². The number of hydrogen-bond donors (Lipinski definition) is 3. The van der Waals surface area contributed by atoms with Gasteiger partial charge in [-0.05, 0) is 94.8 Å². The number of carbonyl (C=O) groups excluding carboxylic acids is 2. The third-order valence-electron chi connectivity index (χ3n) is 15.1. The van der Waals surface area contributed by atoms with Crippen LogP contribution in [0.4, 0.5) is 20.3 Å². The number of nitrogens with one attached hydrogen (secondary N) is 2. The molecule has 5 aliphatic rings. The first-order chi connectivity index (χ1) is 33.3. The number of likely N-dealkylation sites (N-methyl/N-ethyl adjacent to an activating group) is 1. The first-order valence-corrected chi connectivity index (χ1v) is 24.0. The third kappa shape index (κ3) is 7.99. The number of piperidine rings is 1. The van der Waals surface area contributed by atoms with E-state index in [-0.39, 0.29) is 88.1 Å². The molecule has 5 fully saturated rings. The summed E-state index contributed by atoms with van der Waals surface area (Å²) in [5, 5.41) is 17.9. The second-order valence-electron chi connectivity index (χ2n) is 19.6. The maximum absolute atomic E-state index is 17.1. The number of piperazine rings is 2. The Hall–Kier alpha value is -6.68. The maximum Gasteiger partial charge on any atom is 0.330 e. The zero-order valence-electron chi connectivity index (χ0n) is 38.9. The first-order valence-electron chi connectivity index (χ1n) is 24.0. The molecular formula is C51H55F2N11O5. The van der Waals surface area contributed by atoms with Gasteiger partial charge in [-0.25, -0.2) is 13.6 Å². The number of hydrogen-bond acceptors (Lipinski definition) is 13. The van der Waals surface area contributed by atoms with Gasteiger partial charge in [0.2, 0.25) is 11.8 Å². The number of amides is 2. The Labute approximate surface area is 397 Å². The van der Waals surface area contributed by atoms with E-state index in [1.807, 2.05) is 26.0 Å². The number of ether oxygens (including phenoxy) is 1. The average molecular weight is 940 g/mol. The first kappa shape index (κ1) is 44.8. The molecule has 69 heavy (non-hydrogen) atoms. The number of nitrogens with zero attached hydrogens (tertiary/aromatic N) is 9. The summed E-state index contributed by atoms with van der Waals surface area (Å²) in [7, 11) is 2.13. The highest BCUT2D eigenvalue weighted by Gasteiger charge is 2.37. The molecule has 5 atom stereocenters. The van der Waals surface area contributed by atoms with Crippen molar-refractivity contribution in [3.63, 3.8) is 0 Å². The van der Waals surface area contributed by atoms with Gasteiger partial charge in [0.15, 0.2) is 5.82 Å². The van der Waals surface area contributed by atoms with Crippen LogP contribution in [0.25, 0.3) is 44.0 Å². The monoisotopic (exact) mass is 939 g/mol. The van der Waals surface area contributed by atoms with Crippen LogP contribution in [0.3, 0.4) is 0 Å². The van der Waals surface area contributed by atoms with Gasteiger partial charge in [0, 0.05) is 105 Å². The van der Waals surface area contributed by atoms with Crippen LogP contribution in [0, 0.1) is 24.0 Å². The summed E-state index contributed by atoms with van der Waals surface area (Å²) < 4.78 is 41.9. The quantitative estimate of drug-likeness (QED) is 0.123. The van der Waals surface area contributed by atoms with E-state index in [0.717, 1.165) is 69.6 Å². The molecule has 3 aromatic carbocycles. The molecule has 0 aliphatic carbocycles. The predicted octanol–water partition coefficient (Wildman–Crippen LogP) is 5.09. The summed E-state index contributed by atoms with van der Waals surface area (Å²) in [6, 6.07) is 11.6. The van der Waals surface area contributed by atoms with Crippen LogP contribution >= 0.6 is 0 Å². The Bertz CT molecular complexity index is 3150. The van der Waals surface area contributed by atoms with Crippen molar-refractivity contribution in [3.8, 4) is 35.4 Å². The molecule has 16 nitrogen and oxygen atoms in total. The summed E-state index contributed by atoms with van der Waals surface area (Å²) in [5.74, 6) is 0.648. The number of likely N-dealkylation sites (tertiary alicyclic amines) is 1. The van der Waals surface area contributed by atoms with Crippen molar-refractivity contribution in [1.29, 1.82) is 0 Å². The van der Waals surface area contributed by atoms with Crippen molar-refractivity contribution < 1.29 is 28.2 Å². The number of benzene rings is 3. The molecule has 8 heterocycles. The van der Waals surface area contributed by atoms with Crippen LogP contribution in [-0.4, -0.2) is 134 Å². The number of terminal acetylenes is 1. The molecule has 3 unspecified atom stereocenters. The summed E-state index contributed by atoms with van der Waals surface area (Å²) in [6.07, 6.45) is 11.7. The lowest BCUT2D eigenvalue weighted by Gasteiger charge is -2.38. The average Bonchev–Trinajstić information content (AvgIpc) is 3.97. The highest BCUT2D eigenvalue weighted by atomic mass is 19.1. The van der Waals surface area contributed by atoms with Crippen LogP contribution in [0.2, 0.25) is 0 Å². The Morgan fingerprint density at radius 1 is 0.913 bits per heavy atom. The number of anilines is 2. The second-order valence-corrected chi connectivity index (χ2v) is 19.6. The molecule has 2 bridgehead atoms. The van der Waals surface area contributed by atoms with Crippen molar-refractivity contribution in [3.05, 3.63) is 76.3 Å². The number of phenolic OH excluding ortho intramolecular Hbond substituents is 1. The van der Waals surface area contributed by atoms with Crippen molar-refractivity contribution >= 4 is 56.0 Å². The minimum absolute atomic E-state index is 0.0117. The van der Waals surface area contributed by atoms with Gasteiger partial charge in [0.05, 0.1) is 22.0 Å². The van der Waals surface area contributed by atoms with E-state index in [1.54, 1.807) is 15.3 Å². The molecule has 3 aromatic heterocycles. The highest BCUT2D eigenvalue weighted by Crippen LogP contribution is 2.40. The van der Waals surface area contributed by atoms with Gasteiger partial charge < -0.3 is 25.0 Å². The number of aromatic nitrogens is 5. The summed E-state index contributed by atoms with van der Waals surface area (Å²) in [6.45, 7) is 9.81. The second kappa shape index (κ2) is 17.7. The normalized spacial score (nSPS) is 23.5. The molecule has 5 saturated heterocycles. The van der Waals surface area contributed by atoms with Gasteiger partial charge in [0.1, 0.15) is 41.2 Å². The number of pyridine rings is 1. The number of carbonyl (C=O) groups is 2. The predicted molar refractivity (Wildman–Crippen MR) is 259 cm³/mol. The number of aromatic hydroxyl groups is 1. The third-order valence-corrected chi connectivity index (χ3v) is 15.1. The van der Waals surface area contributed by atoms with Crippen molar-refractivity contribution in [2.24, 2.45) is 0 Å². The van der Waals surface area contributed by atoms with Crippen molar-refractivity contribution in [1.82, 2.24) is 44.5 Å². The minimum Gasteiger partial charge on any atom is -0.508 e. The smallest absolute Gasteiger partial charge is 0.330 e. The number of imide groups is 1. The van der Waals surface area contributed by atoms with Gasteiger partial charge in [0.25, 0.3) is 0 Å². The van der Waals surface area contributed by atoms with Crippen LogP contribution in [0.15, 0.2) is 53.5 Å². The van der Waals surface area contributed by atoms with Gasteiger partial charge in [-0.15, -0.1) is 6.42 Å². The summed E-state index contributed by atoms with van der Waals surface area (Å²) >= 11 is 0. The Balaban J connectivity index is 0.793. The Morgan fingerprint density at radius 2 is 1.68 bits per heavy atom. The molecule has 11 rings (SSSR count). The molecule has 0 saturated carbocycles. The minimum atomic E-state index is -0.753. The number of imidazole rings is 1. The molecule has 0 radical (unpaired) electrons. The molecule has 3 N–H and O–H groups in total. The fourth-order valence-corrected chi connectivity index (χ4v) is 11.6. The SMILES string of the molecule is C#Cc1c(F)ccc2cc(O)cc(-c3ncc4c(N5CC6CCC(C5)N6)nc(OC[C@@H]5CC[C@@H](CN6CCN(c7ccc8c(c7)n(C(C)C)c(=O)n8C7CCC(=O)NC7=O)CC6)N5C)nc4c3F)c12. The number of phenols is 1. The number of rotatable bonds is 10. The zero-order chi connectivity index (χ0) is 47.8. The molecule has 18 heteroatoms. The number of fused-ring (bicyclic) bond motifs is 5. The number of halogens is 2. The van der Waals surface area contributed by atoms with Gasteiger partial charge in [-0.1, -0.05) is 12.0 Å². The zero-order valence-corrected chi connectivity index (χ0v) is 38.9. The standard InChI is InChI=1S/C51H55F2N11O5/c1-5-36-39(52)12-6-29-20-35(65)22-37(44(29)36)46-45(53)47-38(23-54-46)48(62-24-30-7-8-31(25-62)55-30)58-50(57-47)69-27-34-10-9-33(59(34)4)26-60-16-18-61(19-17-60)32-11-13-40-42(21-32)63(28(2)3)51(68)64(40)41-14-15-43(66)56-49(41)67/h1,6,11-13,20-23,28,30-31,33-34,41,55,65H,7-10,14-19,24-27H2,2-4H3,(H,56,66,67)/t30?,31?,33-,34-,41?/m0/s1. The van der Waals surface area contributed by atoms with E-state index in [2.05, 4.69) is 59.2 Å². The lowest BCUT2D eigenvalue weighted by Crippen LogP contribution is -2.51. The molecule has 358 valence electrons. The fourth-order valence-electron chi connectivity index (χ4n) is 11.6. The van der Waals surface area contributed by atoms with Gasteiger partial charge in [-0.2, -0.15) is 9.97 Å². The summed E-state index contributed by atoms with van der Waals surface area (Å²) in [4.78, 5) is 62.0. The van der Waals surface area contributed by atoms with E-state index in [9.17, 15) is 19.5 Å². The van der Waals surface area contributed by atoms with Gasteiger partial charge in [-0.3, -0.25) is 38.8 Å². The van der Waals surface area contributed by atoms with Gasteiger partial charge >= 0.3 is 11.7 Å². The Morgan fingerprint density at radius 3 is 2.42 bits per heavy atom. The van der Waals surface area contributed by atoms with E-state index in [4.69, 9.17) is 16.1 Å². The van der Waals surface area contributed by atoms with Crippen LogP contribution in [0.5, 0.6) is 11.8 Å². The topological polar surface area (TPSA) is 166 Å². The van der Waals surface area contributed by atoms with Crippen LogP contribution in [-0.2, 0) is 9.59 Å². The lowest BCUT2D eigenvalue weighted by molar-refractivity contribution is -0.135. The lowest BCUT2D eigenvalue weighted by atomic mass is 9.96. The molecule has 2 amide bonds. The molecule has 5 aliphatic heterocycles.